The number of anilines is 1. The molecule has 0 radical (unpaired) electrons. The van der Waals surface area contributed by atoms with Gasteiger partial charge in [0, 0.05) is 22.3 Å². The van der Waals surface area contributed by atoms with Gasteiger partial charge in [-0.3, -0.25) is 14.9 Å². The maximum absolute atomic E-state index is 11.9. The molecule has 24 heavy (non-hydrogen) atoms. The second-order valence-electron chi connectivity index (χ2n) is 4.50. The summed E-state index contributed by atoms with van der Waals surface area (Å²) in [5.74, 6) is -0.134. The van der Waals surface area contributed by atoms with Gasteiger partial charge < -0.3 is 4.98 Å². The highest BCUT2D eigenvalue weighted by Gasteiger charge is 2.10. The van der Waals surface area contributed by atoms with Crippen LogP contribution in [0.1, 0.15) is 0 Å². The summed E-state index contributed by atoms with van der Waals surface area (Å²) in [7, 11) is 0. The number of halogens is 1. The fraction of sp³-hybridized carbons (Fsp3) is 0.0714. The summed E-state index contributed by atoms with van der Waals surface area (Å²) >= 11 is 5.81. The van der Waals surface area contributed by atoms with Crippen molar-refractivity contribution in [2.24, 2.45) is 0 Å². The van der Waals surface area contributed by atoms with Gasteiger partial charge in [0.25, 0.3) is 5.56 Å². The maximum atomic E-state index is 11.9. The lowest BCUT2D eigenvalue weighted by atomic mass is 10.2. The second-order valence-corrected chi connectivity index (χ2v) is 7.35. The van der Waals surface area contributed by atoms with E-state index < -0.39 is 0 Å². The summed E-state index contributed by atoms with van der Waals surface area (Å²) < 4.78 is 0.980. The molecule has 2 aromatic heterocycles. The van der Waals surface area contributed by atoms with Gasteiger partial charge in [0.05, 0.1) is 5.75 Å². The number of carbonyl (C=O) groups excluding carboxylic acids is 1. The fourth-order valence-electron chi connectivity index (χ4n) is 1.70. The van der Waals surface area contributed by atoms with Crippen molar-refractivity contribution < 1.29 is 4.79 Å². The number of thioether (sulfide) groups is 1. The number of rotatable bonds is 5. The monoisotopic (exact) mass is 423 g/mol. The molecule has 0 unspecified atom stereocenters. The minimum atomic E-state index is -0.254. The topological polar surface area (TPSA) is 101 Å². The van der Waals surface area contributed by atoms with E-state index in [-0.39, 0.29) is 17.2 Å². The number of H-pyrrole nitrogens is 1. The standard InChI is InChI=1S/C14H10BrN5O2S2/c15-9-3-1-8(2-4-9)12-19-20-14(24-12)18-11(22)7-23-13-16-6-5-10(21)17-13/h1-6H,7H2,(H,16,17,21)(H,18,20,22). The molecule has 0 spiro atoms. The Bertz CT molecular complexity index is 910. The van der Waals surface area contributed by atoms with E-state index in [0.29, 0.717) is 10.3 Å². The average molecular weight is 424 g/mol. The van der Waals surface area contributed by atoms with Gasteiger partial charge in [0.15, 0.2) is 5.16 Å². The number of hydrogen-bond donors (Lipinski definition) is 2. The van der Waals surface area contributed by atoms with Crippen LogP contribution in [0.15, 0.2) is 51.0 Å². The quantitative estimate of drug-likeness (QED) is 0.483. The molecule has 122 valence electrons. The minimum absolute atomic E-state index is 0.111. The van der Waals surface area contributed by atoms with E-state index in [4.69, 9.17) is 0 Å². The summed E-state index contributed by atoms with van der Waals surface area (Å²) in [5, 5.41) is 12.3. The Hall–Kier alpha value is -2.04. The Morgan fingerprint density at radius 2 is 2.04 bits per heavy atom. The lowest BCUT2D eigenvalue weighted by molar-refractivity contribution is -0.113. The fourth-order valence-corrected chi connectivity index (χ4v) is 3.38. The number of hydrogen-bond acceptors (Lipinski definition) is 7. The van der Waals surface area contributed by atoms with Crippen molar-refractivity contribution in [2.75, 3.05) is 11.1 Å². The van der Waals surface area contributed by atoms with Crippen LogP contribution in [0.4, 0.5) is 5.13 Å². The van der Waals surface area contributed by atoms with E-state index in [2.05, 4.69) is 41.4 Å². The molecule has 3 aromatic rings. The second kappa shape index (κ2) is 7.69. The number of benzene rings is 1. The Kier molecular flexibility index (Phi) is 5.38. The van der Waals surface area contributed by atoms with Crippen molar-refractivity contribution in [3.05, 3.63) is 51.4 Å². The van der Waals surface area contributed by atoms with Crippen molar-refractivity contribution in [1.82, 2.24) is 20.2 Å². The molecule has 3 rings (SSSR count). The van der Waals surface area contributed by atoms with Crippen molar-refractivity contribution in [3.8, 4) is 10.6 Å². The molecule has 0 saturated carbocycles. The van der Waals surface area contributed by atoms with Crippen molar-refractivity contribution in [2.45, 2.75) is 5.16 Å². The molecule has 0 bridgehead atoms. The molecule has 2 N–H and O–H groups in total. The van der Waals surface area contributed by atoms with Gasteiger partial charge in [0.1, 0.15) is 5.01 Å². The van der Waals surface area contributed by atoms with Gasteiger partial charge in [-0.2, -0.15) is 0 Å². The van der Waals surface area contributed by atoms with Crippen LogP contribution in [0.25, 0.3) is 10.6 Å². The molecule has 10 heteroatoms. The van der Waals surface area contributed by atoms with Gasteiger partial charge in [-0.05, 0) is 12.1 Å². The molecule has 1 aromatic carbocycles. The Morgan fingerprint density at radius 1 is 1.25 bits per heavy atom. The van der Waals surface area contributed by atoms with Crippen molar-refractivity contribution in [1.29, 1.82) is 0 Å². The van der Waals surface area contributed by atoms with E-state index in [1.165, 1.54) is 23.6 Å². The number of nitrogens with one attached hydrogen (secondary N) is 2. The Morgan fingerprint density at radius 3 is 2.79 bits per heavy atom. The van der Waals surface area contributed by atoms with Crippen LogP contribution >= 0.6 is 39.0 Å². The molecule has 1 amide bonds. The van der Waals surface area contributed by atoms with E-state index in [9.17, 15) is 9.59 Å². The summed E-state index contributed by atoms with van der Waals surface area (Å²) in [4.78, 5) is 29.6. The van der Waals surface area contributed by atoms with Crippen LogP contribution in [0, 0.1) is 0 Å². The summed E-state index contributed by atoms with van der Waals surface area (Å²) in [5.41, 5.74) is 0.674. The zero-order chi connectivity index (χ0) is 16.9. The van der Waals surface area contributed by atoms with Gasteiger partial charge in [-0.1, -0.05) is 51.2 Å². The predicted octanol–water partition coefficient (Wildman–Crippen LogP) is 2.78. The third-order valence-corrected chi connectivity index (χ3v) is 5.05. The van der Waals surface area contributed by atoms with E-state index in [0.717, 1.165) is 26.8 Å². The first-order valence-corrected chi connectivity index (χ1v) is 9.27. The minimum Gasteiger partial charge on any atom is -0.301 e. The molecule has 0 saturated heterocycles. The lowest BCUT2D eigenvalue weighted by Crippen LogP contribution is -2.15. The number of aromatic nitrogens is 4. The zero-order valence-electron chi connectivity index (χ0n) is 12.0. The van der Waals surface area contributed by atoms with Crippen molar-refractivity contribution >= 4 is 50.1 Å². The summed E-state index contributed by atoms with van der Waals surface area (Å²) in [6, 6.07) is 8.99. The van der Waals surface area contributed by atoms with Crippen LogP contribution in [0.5, 0.6) is 0 Å². The molecule has 0 aliphatic carbocycles. The third-order valence-electron chi connectivity index (χ3n) is 2.75. The average Bonchev–Trinajstić information content (AvgIpc) is 3.02. The van der Waals surface area contributed by atoms with Crippen LogP contribution in [-0.4, -0.2) is 31.8 Å². The van der Waals surface area contributed by atoms with E-state index in [1.54, 1.807) is 0 Å². The smallest absolute Gasteiger partial charge is 0.251 e. The van der Waals surface area contributed by atoms with Gasteiger partial charge >= 0.3 is 0 Å². The Balaban J connectivity index is 1.59. The molecule has 0 aliphatic heterocycles. The predicted molar refractivity (Wildman–Crippen MR) is 97.3 cm³/mol. The lowest BCUT2D eigenvalue weighted by Gasteiger charge is -2.00. The molecule has 2 heterocycles. The first-order chi connectivity index (χ1) is 11.6. The molecule has 0 atom stereocenters. The number of nitrogens with zero attached hydrogens (tertiary/aromatic N) is 3. The largest absolute Gasteiger partial charge is 0.301 e. The molecule has 0 fully saturated rings. The van der Waals surface area contributed by atoms with E-state index >= 15 is 0 Å². The highest BCUT2D eigenvalue weighted by atomic mass is 79.9. The molecular weight excluding hydrogens is 414 g/mol. The highest BCUT2D eigenvalue weighted by molar-refractivity contribution is 9.10. The van der Waals surface area contributed by atoms with Gasteiger partial charge in [-0.15, -0.1) is 10.2 Å². The normalized spacial score (nSPS) is 10.5. The van der Waals surface area contributed by atoms with Gasteiger partial charge in [-0.25, -0.2) is 4.98 Å². The number of aromatic amines is 1. The van der Waals surface area contributed by atoms with Crippen LogP contribution in [-0.2, 0) is 4.79 Å². The van der Waals surface area contributed by atoms with Crippen LogP contribution in [0.2, 0.25) is 0 Å². The molecular formula is C14H10BrN5O2S2. The SMILES string of the molecule is O=C(CSc1nccc(=O)[nH]1)Nc1nnc(-c2ccc(Br)cc2)s1. The van der Waals surface area contributed by atoms with E-state index in [1.807, 2.05) is 24.3 Å². The summed E-state index contributed by atoms with van der Waals surface area (Å²) in [6.07, 6.45) is 1.40. The number of carbonyl (C=O) groups is 1. The first-order valence-electron chi connectivity index (χ1n) is 6.67. The van der Waals surface area contributed by atoms with Crippen molar-refractivity contribution in [3.63, 3.8) is 0 Å². The molecule has 0 aliphatic rings. The molecule has 7 nitrogen and oxygen atoms in total. The third kappa shape index (κ3) is 4.49. The highest BCUT2D eigenvalue weighted by Crippen LogP contribution is 2.27. The Labute approximate surface area is 153 Å². The summed E-state index contributed by atoms with van der Waals surface area (Å²) in [6.45, 7) is 0. The van der Waals surface area contributed by atoms with Crippen LogP contribution in [0.3, 0.4) is 0 Å². The maximum Gasteiger partial charge on any atom is 0.251 e. The van der Waals surface area contributed by atoms with Crippen LogP contribution < -0.4 is 10.9 Å². The first kappa shape index (κ1) is 16.8. The number of amides is 1. The zero-order valence-corrected chi connectivity index (χ0v) is 15.2. The van der Waals surface area contributed by atoms with Gasteiger partial charge in [0.2, 0.25) is 11.0 Å².